The molecular weight excluding hydrogens is 280 g/mol. The molecule has 0 aromatic heterocycles. The van der Waals surface area contributed by atoms with Crippen LogP contribution < -0.4 is 5.22 Å². The first-order valence-electron chi connectivity index (χ1n) is 8.18. The van der Waals surface area contributed by atoms with Crippen LogP contribution in [0.1, 0.15) is 29.5 Å². The third-order valence-corrected chi connectivity index (χ3v) is 7.86. The van der Waals surface area contributed by atoms with Gasteiger partial charge in [-0.25, -0.2) is 0 Å². The van der Waals surface area contributed by atoms with Crippen molar-refractivity contribution in [1.82, 2.24) is 0 Å². The smallest absolute Gasteiger partial charge is 0.0326 e. The third-order valence-electron chi connectivity index (χ3n) is 5.95. The Morgan fingerprint density at radius 2 is 1.77 bits per heavy atom. The lowest BCUT2D eigenvalue weighted by Gasteiger charge is -2.10. The van der Waals surface area contributed by atoms with Crippen molar-refractivity contribution >= 4 is 25.5 Å². The van der Waals surface area contributed by atoms with Crippen LogP contribution in [0.4, 0.5) is 0 Å². The van der Waals surface area contributed by atoms with Gasteiger partial charge >= 0.3 is 0 Å². The molecule has 3 aliphatic carbocycles. The molecule has 2 atom stereocenters. The molecule has 104 valence electrons. The standard InChI is InChI=1S/C21H16Si/c1-10-15-18-16-11(2)22-21(10)20(16)17(19(15)18)14-9-5-7-12-6-3-4-8-13(12)14/h3-9,11,18,22H,1-2H3. The molecule has 4 aliphatic rings. The molecule has 0 spiro atoms. The molecule has 0 amide bonds. The first-order chi connectivity index (χ1) is 10.8. The van der Waals surface area contributed by atoms with Gasteiger partial charge in [-0.3, -0.25) is 0 Å². The molecule has 6 bridgehead atoms. The minimum absolute atomic E-state index is 0.445. The summed E-state index contributed by atoms with van der Waals surface area (Å²) in [5, 5.41) is 4.45. The maximum Gasteiger partial charge on any atom is 0.0326 e. The Bertz CT molecular complexity index is 1150. The van der Waals surface area contributed by atoms with Gasteiger partial charge in [0.25, 0.3) is 0 Å². The molecular formula is C21H16Si. The SMILES string of the molecule is Cc1c2c3c(-c4cccc5ccccc45)c4c1=[SiH]C(C)C=4C23. The van der Waals surface area contributed by atoms with Crippen LogP contribution in [-0.4, -0.2) is 9.13 Å². The van der Waals surface area contributed by atoms with Gasteiger partial charge in [-0.1, -0.05) is 49.4 Å². The second-order valence-electron chi connectivity index (χ2n) is 6.99. The number of hydrogen-bond acceptors (Lipinski definition) is 0. The molecule has 0 fully saturated rings. The summed E-state index contributed by atoms with van der Waals surface area (Å²) < 4.78 is 0. The molecule has 3 aromatic rings. The second kappa shape index (κ2) is 3.49. The quantitative estimate of drug-likeness (QED) is 0.597. The fourth-order valence-corrected chi connectivity index (χ4v) is 6.96. The maximum atomic E-state index is 2.45. The normalized spacial score (nSPS) is 22.4. The van der Waals surface area contributed by atoms with E-state index in [2.05, 4.69) is 56.3 Å². The van der Waals surface area contributed by atoms with Gasteiger partial charge in [0, 0.05) is 15.0 Å². The third kappa shape index (κ3) is 1.09. The van der Waals surface area contributed by atoms with Crippen LogP contribution in [0.5, 0.6) is 0 Å². The molecule has 1 heteroatoms. The van der Waals surface area contributed by atoms with Crippen molar-refractivity contribution in [3.05, 3.63) is 69.2 Å². The van der Waals surface area contributed by atoms with Crippen LogP contribution in [0.2, 0.25) is 5.54 Å². The zero-order chi connectivity index (χ0) is 14.6. The molecule has 0 saturated heterocycles. The average molecular weight is 296 g/mol. The number of fused-ring (bicyclic) bond motifs is 1. The highest BCUT2D eigenvalue weighted by atomic mass is 28.2. The lowest BCUT2D eigenvalue weighted by atomic mass is 9.94. The molecule has 22 heavy (non-hydrogen) atoms. The minimum Gasteiger partial charge on any atom is -0.0616 e. The summed E-state index contributed by atoms with van der Waals surface area (Å²) in [7, 11) is 0.445. The summed E-state index contributed by atoms with van der Waals surface area (Å²) in [6.45, 7) is 4.82. The van der Waals surface area contributed by atoms with E-state index in [0.717, 1.165) is 11.5 Å². The Hall–Kier alpha value is -1.99. The van der Waals surface area contributed by atoms with Gasteiger partial charge in [-0.15, -0.1) is 0 Å². The molecule has 0 N–H and O–H groups in total. The number of rotatable bonds is 1. The fraction of sp³-hybridized carbons (Fsp3) is 0.190. The van der Waals surface area contributed by atoms with Crippen molar-refractivity contribution in [3.63, 3.8) is 0 Å². The average Bonchev–Trinajstić information content (AvgIpc) is 3.07. The summed E-state index contributed by atoms with van der Waals surface area (Å²) >= 11 is 0. The van der Waals surface area contributed by atoms with E-state index < -0.39 is 0 Å². The van der Waals surface area contributed by atoms with Crippen LogP contribution >= 0.6 is 0 Å². The molecule has 1 heterocycles. The topological polar surface area (TPSA) is 0 Å². The lowest BCUT2D eigenvalue weighted by molar-refractivity contribution is 1.13. The zero-order valence-electron chi connectivity index (χ0n) is 12.8. The van der Waals surface area contributed by atoms with Crippen molar-refractivity contribution in [3.8, 4) is 11.1 Å². The molecule has 1 aliphatic heterocycles. The molecule has 0 radical (unpaired) electrons. The van der Waals surface area contributed by atoms with Crippen molar-refractivity contribution in [2.45, 2.75) is 25.3 Å². The largest absolute Gasteiger partial charge is 0.0616 e. The van der Waals surface area contributed by atoms with Crippen molar-refractivity contribution < 1.29 is 0 Å². The highest BCUT2D eigenvalue weighted by Crippen LogP contribution is 2.62. The van der Waals surface area contributed by atoms with Crippen LogP contribution in [0.15, 0.2) is 42.5 Å². The van der Waals surface area contributed by atoms with E-state index >= 15 is 0 Å². The zero-order valence-corrected chi connectivity index (χ0v) is 13.9. The number of hydrogen-bond donors (Lipinski definition) is 0. The van der Waals surface area contributed by atoms with E-state index in [1.807, 2.05) is 0 Å². The van der Waals surface area contributed by atoms with Crippen molar-refractivity contribution in [2.24, 2.45) is 0 Å². The summed E-state index contributed by atoms with van der Waals surface area (Å²) in [6, 6.07) is 15.6. The van der Waals surface area contributed by atoms with Gasteiger partial charge in [0.1, 0.15) is 0 Å². The summed E-state index contributed by atoms with van der Waals surface area (Å²) in [6.07, 6.45) is 0. The first-order valence-corrected chi connectivity index (χ1v) is 9.42. The van der Waals surface area contributed by atoms with Gasteiger partial charge in [0.05, 0.1) is 0 Å². The Kier molecular flexibility index (Phi) is 1.83. The monoisotopic (exact) mass is 296 g/mol. The molecule has 7 rings (SSSR count). The molecule has 2 unspecified atom stereocenters. The highest BCUT2D eigenvalue weighted by Gasteiger charge is 2.49. The van der Waals surface area contributed by atoms with Gasteiger partial charge < -0.3 is 0 Å². The van der Waals surface area contributed by atoms with Gasteiger partial charge in [-0.2, -0.15) is 0 Å². The van der Waals surface area contributed by atoms with E-state index in [0.29, 0.717) is 9.13 Å². The summed E-state index contributed by atoms with van der Waals surface area (Å²) in [5.74, 6) is 0.720. The predicted octanol–water partition coefficient (Wildman–Crippen LogP) is 3.93. The first kappa shape index (κ1) is 11.6. The maximum absolute atomic E-state index is 2.45. The Balaban J connectivity index is 1.83. The highest BCUT2D eigenvalue weighted by molar-refractivity contribution is 6.37. The Morgan fingerprint density at radius 3 is 2.68 bits per heavy atom. The van der Waals surface area contributed by atoms with Gasteiger partial charge in [-0.05, 0) is 66.7 Å². The lowest BCUT2D eigenvalue weighted by Crippen LogP contribution is -2.11. The van der Waals surface area contributed by atoms with Crippen LogP contribution in [0.25, 0.3) is 27.5 Å². The van der Waals surface area contributed by atoms with E-state index in [1.54, 1.807) is 37.9 Å². The Labute approximate surface area is 131 Å². The molecule has 0 saturated carbocycles. The Morgan fingerprint density at radius 1 is 0.955 bits per heavy atom. The van der Waals surface area contributed by atoms with Crippen molar-refractivity contribution in [1.29, 1.82) is 0 Å². The second-order valence-corrected chi connectivity index (χ2v) is 8.90. The van der Waals surface area contributed by atoms with Gasteiger partial charge in [0.15, 0.2) is 0 Å². The van der Waals surface area contributed by atoms with E-state index in [1.165, 1.54) is 16.3 Å². The van der Waals surface area contributed by atoms with E-state index in [-0.39, 0.29) is 0 Å². The van der Waals surface area contributed by atoms with E-state index in [9.17, 15) is 0 Å². The number of benzene rings is 3. The predicted molar refractivity (Wildman–Crippen MR) is 94.4 cm³/mol. The fourth-order valence-electron chi connectivity index (χ4n) is 5.04. The summed E-state index contributed by atoms with van der Waals surface area (Å²) in [4.78, 5) is 1.73. The van der Waals surface area contributed by atoms with Crippen LogP contribution in [-0.2, 0) is 0 Å². The minimum atomic E-state index is 0.445. The van der Waals surface area contributed by atoms with Crippen LogP contribution in [0.3, 0.4) is 0 Å². The van der Waals surface area contributed by atoms with Gasteiger partial charge in [0.2, 0.25) is 0 Å². The molecule has 0 nitrogen and oxygen atoms in total. The van der Waals surface area contributed by atoms with E-state index in [4.69, 9.17) is 0 Å². The van der Waals surface area contributed by atoms with Crippen LogP contribution in [0, 0.1) is 11.7 Å². The van der Waals surface area contributed by atoms with Crippen molar-refractivity contribution in [2.75, 3.05) is 0 Å². The summed E-state index contributed by atoms with van der Waals surface area (Å²) in [5.41, 5.74) is 10.7. The molecule has 3 aromatic carbocycles.